The first-order valence-corrected chi connectivity index (χ1v) is 9.70. The second-order valence-electron chi connectivity index (χ2n) is 5.74. The molecule has 3 rings (SSSR count). The van der Waals surface area contributed by atoms with E-state index in [1.807, 2.05) is 31.3 Å². The Kier molecular flexibility index (Phi) is 7.03. The van der Waals surface area contributed by atoms with E-state index in [2.05, 4.69) is 20.8 Å². The molecule has 0 saturated carbocycles. The summed E-state index contributed by atoms with van der Waals surface area (Å²) < 4.78 is 21.0. The second kappa shape index (κ2) is 9.68. The summed E-state index contributed by atoms with van der Waals surface area (Å²) in [5, 5.41) is 15.8. The molecular weight excluding hydrogens is 389 g/mol. The van der Waals surface area contributed by atoms with Crippen LogP contribution in [0.4, 0.5) is 4.39 Å². The number of benzene rings is 2. The number of hydrogen-bond donors (Lipinski definition) is 1. The number of thioether (sulfide) groups is 1. The van der Waals surface area contributed by atoms with Gasteiger partial charge in [-0.1, -0.05) is 41.6 Å². The van der Waals surface area contributed by atoms with Crippen molar-refractivity contribution >= 4 is 23.4 Å². The average Bonchev–Trinajstić information content (AvgIpc) is 3.07. The molecule has 1 aromatic heterocycles. The molecule has 0 aliphatic heterocycles. The molecule has 27 heavy (non-hydrogen) atoms. The van der Waals surface area contributed by atoms with Gasteiger partial charge in [0.25, 0.3) is 0 Å². The fraction of sp³-hybridized carbons (Fsp3) is 0.278. The third-order valence-electron chi connectivity index (χ3n) is 3.79. The van der Waals surface area contributed by atoms with Crippen LogP contribution in [0.5, 0.6) is 5.75 Å². The number of aromatic nitrogens is 4. The molecule has 0 aliphatic carbocycles. The third-order valence-corrected chi connectivity index (χ3v) is 5.16. The van der Waals surface area contributed by atoms with Gasteiger partial charge < -0.3 is 10.1 Å². The van der Waals surface area contributed by atoms with Crippen molar-refractivity contribution in [2.75, 3.05) is 12.3 Å². The van der Waals surface area contributed by atoms with Crippen molar-refractivity contribution in [1.29, 1.82) is 0 Å². The number of ether oxygens (including phenoxy) is 1. The number of nitrogens with one attached hydrogen (secondary N) is 1. The van der Waals surface area contributed by atoms with E-state index in [0.717, 1.165) is 29.6 Å². The van der Waals surface area contributed by atoms with Gasteiger partial charge in [0.1, 0.15) is 18.2 Å². The highest BCUT2D eigenvalue weighted by molar-refractivity contribution is 7.99. The monoisotopic (exact) mass is 407 g/mol. The van der Waals surface area contributed by atoms with Crippen LogP contribution in [0.15, 0.2) is 47.6 Å². The molecule has 9 heteroatoms. The Morgan fingerprint density at radius 1 is 1.22 bits per heavy atom. The first-order chi connectivity index (χ1) is 13.1. The quantitative estimate of drug-likeness (QED) is 0.433. The molecule has 0 spiro atoms. The van der Waals surface area contributed by atoms with Crippen LogP contribution < -0.4 is 10.1 Å². The number of aryl methyl sites for hydroxylation is 1. The van der Waals surface area contributed by atoms with Gasteiger partial charge in [0.2, 0.25) is 5.16 Å². The first kappa shape index (κ1) is 19.6. The topological polar surface area (TPSA) is 64.9 Å². The standard InChI is InChI=1S/C18H19ClFN5OS/c1-25-18(22-23-24-25)27-10-9-21-11-13-5-7-14(8-6-13)26-12-15-16(19)3-2-4-17(15)20/h2-8,21H,9-12H2,1H3. The van der Waals surface area contributed by atoms with Crippen molar-refractivity contribution < 1.29 is 9.13 Å². The third kappa shape index (κ3) is 5.66. The zero-order valence-corrected chi connectivity index (χ0v) is 16.3. The van der Waals surface area contributed by atoms with Gasteiger partial charge in [-0.2, -0.15) is 0 Å². The van der Waals surface area contributed by atoms with Crippen LogP contribution in [0, 0.1) is 5.82 Å². The minimum atomic E-state index is -0.363. The maximum Gasteiger partial charge on any atom is 0.209 e. The van der Waals surface area contributed by atoms with Crippen LogP contribution in [0.2, 0.25) is 5.02 Å². The number of nitrogens with zero attached hydrogens (tertiary/aromatic N) is 4. The van der Waals surface area contributed by atoms with Crippen LogP contribution in [0.25, 0.3) is 0 Å². The van der Waals surface area contributed by atoms with Gasteiger partial charge in [-0.25, -0.2) is 9.07 Å². The van der Waals surface area contributed by atoms with Crippen LogP contribution >= 0.6 is 23.4 Å². The normalized spacial score (nSPS) is 10.9. The summed E-state index contributed by atoms with van der Waals surface area (Å²) in [6.07, 6.45) is 0. The molecule has 1 N–H and O–H groups in total. The number of rotatable bonds is 9. The highest BCUT2D eigenvalue weighted by Crippen LogP contribution is 2.21. The highest BCUT2D eigenvalue weighted by Gasteiger charge is 2.07. The van der Waals surface area contributed by atoms with Crippen molar-refractivity contribution in [1.82, 2.24) is 25.5 Å². The maximum absolute atomic E-state index is 13.7. The minimum absolute atomic E-state index is 0.0945. The van der Waals surface area contributed by atoms with E-state index >= 15 is 0 Å². The Labute approximate surface area is 166 Å². The van der Waals surface area contributed by atoms with Crippen LogP contribution in [0.1, 0.15) is 11.1 Å². The summed E-state index contributed by atoms with van der Waals surface area (Å²) in [7, 11) is 1.82. The summed E-state index contributed by atoms with van der Waals surface area (Å²) in [6, 6.07) is 12.3. The van der Waals surface area contributed by atoms with E-state index in [1.54, 1.807) is 28.6 Å². The summed E-state index contributed by atoms with van der Waals surface area (Å²) in [6.45, 7) is 1.68. The second-order valence-corrected chi connectivity index (χ2v) is 7.21. The van der Waals surface area contributed by atoms with Crippen molar-refractivity contribution in [3.8, 4) is 5.75 Å². The summed E-state index contributed by atoms with van der Waals surface area (Å²) in [5.74, 6) is 1.18. The SMILES string of the molecule is Cn1nnnc1SCCNCc1ccc(OCc2c(F)cccc2Cl)cc1. The molecule has 142 valence electrons. The molecule has 6 nitrogen and oxygen atoms in total. The van der Waals surface area contributed by atoms with Gasteiger partial charge in [-0.05, 0) is 40.3 Å². The van der Waals surface area contributed by atoms with E-state index in [9.17, 15) is 4.39 Å². The molecule has 0 bridgehead atoms. The molecule has 0 aliphatic rings. The van der Waals surface area contributed by atoms with Crippen molar-refractivity contribution in [3.05, 3.63) is 64.4 Å². The van der Waals surface area contributed by atoms with E-state index < -0.39 is 0 Å². The van der Waals surface area contributed by atoms with Gasteiger partial charge in [0.05, 0.1) is 5.02 Å². The molecule has 0 atom stereocenters. The lowest BCUT2D eigenvalue weighted by molar-refractivity contribution is 0.300. The Bertz CT molecular complexity index is 854. The fourth-order valence-electron chi connectivity index (χ4n) is 2.32. The Balaban J connectivity index is 1.40. The fourth-order valence-corrected chi connectivity index (χ4v) is 3.28. The molecule has 2 aromatic carbocycles. The molecule has 0 radical (unpaired) electrons. The van der Waals surface area contributed by atoms with Crippen molar-refractivity contribution in [2.24, 2.45) is 7.05 Å². The Hall–Kier alpha value is -2.16. The van der Waals surface area contributed by atoms with E-state index in [1.165, 1.54) is 6.07 Å². The number of tetrazole rings is 1. The molecule has 0 saturated heterocycles. The Morgan fingerprint density at radius 2 is 2.04 bits per heavy atom. The molecule has 0 unspecified atom stereocenters. The van der Waals surface area contributed by atoms with Gasteiger partial charge >= 0.3 is 0 Å². The van der Waals surface area contributed by atoms with Crippen LogP contribution in [0.3, 0.4) is 0 Å². The average molecular weight is 408 g/mol. The minimum Gasteiger partial charge on any atom is -0.489 e. The number of halogens is 2. The maximum atomic E-state index is 13.7. The smallest absolute Gasteiger partial charge is 0.209 e. The van der Waals surface area contributed by atoms with Gasteiger partial charge in [0, 0.05) is 31.5 Å². The summed E-state index contributed by atoms with van der Waals surface area (Å²) in [5.41, 5.74) is 1.50. The zero-order valence-electron chi connectivity index (χ0n) is 14.7. The van der Waals surface area contributed by atoms with Crippen molar-refractivity contribution in [2.45, 2.75) is 18.3 Å². The van der Waals surface area contributed by atoms with E-state index in [-0.39, 0.29) is 12.4 Å². The van der Waals surface area contributed by atoms with Crippen molar-refractivity contribution in [3.63, 3.8) is 0 Å². The van der Waals surface area contributed by atoms with Gasteiger partial charge in [-0.15, -0.1) is 5.10 Å². The molecule has 3 aromatic rings. The molecular formula is C18H19ClFN5OS. The lowest BCUT2D eigenvalue weighted by atomic mass is 10.2. The highest BCUT2D eigenvalue weighted by atomic mass is 35.5. The summed E-state index contributed by atoms with van der Waals surface area (Å²) >= 11 is 7.60. The Morgan fingerprint density at radius 3 is 2.74 bits per heavy atom. The van der Waals surface area contributed by atoms with Gasteiger partial charge in [0.15, 0.2) is 0 Å². The van der Waals surface area contributed by atoms with Crippen LogP contribution in [-0.4, -0.2) is 32.5 Å². The first-order valence-electron chi connectivity index (χ1n) is 8.34. The zero-order chi connectivity index (χ0) is 19.1. The van der Waals surface area contributed by atoms with E-state index in [0.29, 0.717) is 16.3 Å². The van der Waals surface area contributed by atoms with Gasteiger partial charge in [-0.3, -0.25) is 0 Å². The molecule has 0 fully saturated rings. The van der Waals surface area contributed by atoms with Crippen LogP contribution in [-0.2, 0) is 20.2 Å². The molecule has 0 amide bonds. The lowest BCUT2D eigenvalue weighted by Gasteiger charge is -2.10. The largest absolute Gasteiger partial charge is 0.489 e. The lowest BCUT2D eigenvalue weighted by Crippen LogP contribution is -2.16. The molecule has 1 heterocycles. The number of hydrogen-bond acceptors (Lipinski definition) is 6. The van der Waals surface area contributed by atoms with E-state index in [4.69, 9.17) is 16.3 Å². The predicted octanol–water partition coefficient (Wildman–Crippen LogP) is 3.46. The summed E-state index contributed by atoms with van der Waals surface area (Å²) in [4.78, 5) is 0. The predicted molar refractivity (Wildman–Crippen MR) is 103 cm³/mol.